The molecule has 1 aromatic heterocycles. The van der Waals surface area contributed by atoms with E-state index >= 15 is 0 Å². The average Bonchev–Trinajstić information content (AvgIpc) is 2.38. The molecule has 0 radical (unpaired) electrons. The summed E-state index contributed by atoms with van der Waals surface area (Å²) in [7, 11) is 0. The van der Waals surface area contributed by atoms with E-state index in [0.29, 0.717) is 5.76 Å². The van der Waals surface area contributed by atoms with Crippen LogP contribution < -0.4 is 5.43 Å². The van der Waals surface area contributed by atoms with Crippen molar-refractivity contribution in [2.45, 2.75) is 13.3 Å². The quantitative estimate of drug-likeness (QED) is 0.863. The van der Waals surface area contributed by atoms with Crippen molar-refractivity contribution in [2.24, 2.45) is 0 Å². The van der Waals surface area contributed by atoms with E-state index < -0.39 is 0 Å². The molecule has 4 heteroatoms. The van der Waals surface area contributed by atoms with E-state index in [0.717, 1.165) is 17.2 Å². The number of carbonyl (C=O) groups is 1. The van der Waals surface area contributed by atoms with E-state index in [1.807, 2.05) is 31.2 Å². The lowest BCUT2D eigenvalue weighted by Gasteiger charge is -2.12. The van der Waals surface area contributed by atoms with Gasteiger partial charge in [0.25, 0.3) is 0 Å². The lowest BCUT2D eigenvalue weighted by atomic mass is 10.00. The minimum atomic E-state index is -0.344. The minimum Gasteiger partial charge on any atom is -0.507 e. The topological polar surface area (TPSA) is 67.5 Å². The molecule has 0 bridgehead atoms. The summed E-state index contributed by atoms with van der Waals surface area (Å²) in [5.74, 6) is 0.0222. The molecule has 0 aliphatic heterocycles. The molecular formula is C16H12O4. The zero-order chi connectivity index (χ0) is 14.3. The standard InChI is InChI=1S/C16H12O4/c1-9-2-4-10(5-3-9)14-8-13(19)16-12(18)6-11(17)7-15(16)20-14/h2-6,8,18H,7H2,1H3. The van der Waals surface area contributed by atoms with Gasteiger partial charge in [-0.2, -0.15) is 0 Å². The zero-order valence-corrected chi connectivity index (χ0v) is 10.8. The normalized spacial score (nSPS) is 13.8. The Bertz CT molecular complexity index is 779. The third-order valence-corrected chi connectivity index (χ3v) is 3.25. The van der Waals surface area contributed by atoms with Gasteiger partial charge in [-0.1, -0.05) is 29.8 Å². The summed E-state index contributed by atoms with van der Waals surface area (Å²) in [5, 5.41) is 9.69. The van der Waals surface area contributed by atoms with E-state index in [9.17, 15) is 14.7 Å². The Labute approximate surface area is 115 Å². The highest BCUT2D eigenvalue weighted by Crippen LogP contribution is 2.26. The molecule has 0 unspecified atom stereocenters. The van der Waals surface area contributed by atoms with Crippen LogP contribution in [0, 0.1) is 6.92 Å². The number of ketones is 1. The third-order valence-electron chi connectivity index (χ3n) is 3.25. The molecule has 0 saturated heterocycles. The Morgan fingerprint density at radius 3 is 2.55 bits per heavy atom. The van der Waals surface area contributed by atoms with Crippen LogP contribution in [0.2, 0.25) is 0 Å². The van der Waals surface area contributed by atoms with Crippen LogP contribution in [0.4, 0.5) is 0 Å². The van der Waals surface area contributed by atoms with Crippen LogP contribution in [-0.2, 0) is 11.2 Å². The molecule has 1 aliphatic rings. The largest absolute Gasteiger partial charge is 0.507 e. The Kier molecular flexibility index (Phi) is 2.79. The Morgan fingerprint density at radius 1 is 1.15 bits per heavy atom. The molecule has 100 valence electrons. The molecular weight excluding hydrogens is 256 g/mol. The van der Waals surface area contributed by atoms with Crippen molar-refractivity contribution in [3.8, 4) is 11.3 Å². The van der Waals surface area contributed by atoms with Gasteiger partial charge in [0.15, 0.2) is 11.2 Å². The molecule has 0 atom stereocenters. The van der Waals surface area contributed by atoms with E-state index in [2.05, 4.69) is 0 Å². The lowest BCUT2D eigenvalue weighted by Crippen LogP contribution is -2.18. The van der Waals surface area contributed by atoms with Crippen molar-refractivity contribution >= 4 is 11.5 Å². The number of carbonyl (C=O) groups excluding carboxylic acids is 1. The van der Waals surface area contributed by atoms with Crippen molar-refractivity contribution in [1.82, 2.24) is 0 Å². The maximum absolute atomic E-state index is 12.1. The fourth-order valence-electron chi connectivity index (χ4n) is 2.23. The molecule has 4 nitrogen and oxygen atoms in total. The molecule has 0 amide bonds. The van der Waals surface area contributed by atoms with Gasteiger partial charge < -0.3 is 9.52 Å². The van der Waals surface area contributed by atoms with Crippen LogP contribution in [0.15, 0.2) is 45.6 Å². The number of aliphatic hydroxyl groups is 1. The molecule has 3 rings (SSSR count). The summed E-state index contributed by atoms with van der Waals surface area (Å²) in [6.07, 6.45) is 1.05. The van der Waals surface area contributed by atoms with Gasteiger partial charge in [-0.15, -0.1) is 0 Å². The Morgan fingerprint density at radius 2 is 1.85 bits per heavy atom. The molecule has 20 heavy (non-hydrogen) atoms. The number of fused-ring (bicyclic) bond motifs is 1. The second-order valence-corrected chi connectivity index (χ2v) is 4.81. The van der Waals surface area contributed by atoms with Crippen molar-refractivity contribution < 1.29 is 14.3 Å². The highest BCUT2D eigenvalue weighted by atomic mass is 16.3. The van der Waals surface area contributed by atoms with Gasteiger partial charge in [-0.3, -0.25) is 9.59 Å². The van der Waals surface area contributed by atoms with Gasteiger partial charge in [-0.25, -0.2) is 0 Å². The minimum absolute atomic E-state index is 0.00562. The van der Waals surface area contributed by atoms with Crippen LogP contribution >= 0.6 is 0 Å². The maximum Gasteiger partial charge on any atom is 0.196 e. The zero-order valence-electron chi connectivity index (χ0n) is 10.8. The lowest BCUT2D eigenvalue weighted by molar-refractivity contribution is -0.114. The first-order valence-corrected chi connectivity index (χ1v) is 6.22. The van der Waals surface area contributed by atoms with Crippen molar-refractivity contribution in [3.63, 3.8) is 0 Å². The second-order valence-electron chi connectivity index (χ2n) is 4.81. The first-order chi connectivity index (χ1) is 9.54. The molecule has 2 aromatic rings. The number of rotatable bonds is 1. The number of hydrogen-bond acceptors (Lipinski definition) is 4. The smallest absolute Gasteiger partial charge is 0.196 e. The summed E-state index contributed by atoms with van der Waals surface area (Å²) < 4.78 is 5.63. The SMILES string of the molecule is Cc1ccc(-c2cc(=O)c3c(o2)CC(=O)C=C3O)cc1. The summed E-state index contributed by atoms with van der Waals surface area (Å²) >= 11 is 0. The summed E-state index contributed by atoms with van der Waals surface area (Å²) in [6, 6.07) is 8.86. The van der Waals surface area contributed by atoms with Crippen molar-refractivity contribution in [2.75, 3.05) is 0 Å². The van der Waals surface area contributed by atoms with Gasteiger partial charge >= 0.3 is 0 Å². The first kappa shape index (κ1) is 12.4. The summed E-state index contributed by atoms with van der Waals surface area (Å²) in [5.41, 5.74) is 1.60. The number of allylic oxidation sites excluding steroid dienone is 1. The number of aryl methyl sites for hydroxylation is 1. The average molecular weight is 268 g/mol. The fourth-order valence-corrected chi connectivity index (χ4v) is 2.23. The van der Waals surface area contributed by atoms with E-state index in [1.54, 1.807) is 0 Å². The number of benzene rings is 1. The van der Waals surface area contributed by atoms with Crippen LogP contribution in [0.3, 0.4) is 0 Å². The van der Waals surface area contributed by atoms with Crippen LogP contribution in [0.5, 0.6) is 0 Å². The molecule has 0 saturated carbocycles. The molecule has 0 spiro atoms. The number of aliphatic hydroxyl groups excluding tert-OH is 1. The summed E-state index contributed by atoms with van der Waals surface area (Å²) in [4.78, 5) is 23.5. The maximum atomic E-state index is 12.1. The van der Waals surface area contributed by atoms with Crippen LogP contribution in [-0.4, -0.2) is 10.9 Å². The number of hydrogen-bond donors (Lipinski definition) is 1. The molecule has 1 N–H and O–H groups in total. The van der Waals surface area contributed by atoms with Gasteiger partial charge in [0.1, 0.15) is 22.8 Å². The van der Waals surface area contributed by atoms with Gasteiger partial charge in [0, 0.05) is 17.7 Å². The monoisotopic (exact) mass is 268 g/mol. The third kappa shape index (κ3) is 2.05. The van der Waals surface area contributed by atoms with Gasteiger partial charge in [0.05, 0.1) is 6.42 Å². The Balaban J connectivity index is 2.18. The predicted molar refractivity (Wildman–Crippen MR) is 74.5 cm³/mol. The van der Waals surface area contributed by atoms with Crippen molar-refractivity contribution in [3.05, 3.63) is 63.5 Å². The molecule has 0 fully saturated rings. The summed E-state index contributed by atoms with van der Waals surface area (Å²) in [6.45, 7) is 1.97. The van der Waals surface area contributed by atoms with Gasteiger partial charge in [0.2, 0.25) is 0 Å². The predicted octanol–water partition coefficient (Wildman–Crippen LogP) is 2.64. The van der Waals surface area contributed by atoms with Crippen molar-refractivity contribution in [1.29, 1.82) is 0 Å². The highest BCUT2D eigenvalue weighted by Gasteiger charge is 2.23. The van der Waals surface area contributed by atoms with E-state index in [4.69, 9.17) is 4.42 Å². The first-order valence-electron chi connectivity index (χ1n) is 6.22. The van der Waals surface area contributed by atoms with E-state index in [-0.39, 0.29) is 34.7 Å². The van der Waals surface area contributed by atoms with Crippen LogP contribution in [0.25, 0.3) is 17.1 Å². The molecule has 1 aliphatic carbocycles. The van der Waals surface area contributed by atoms with E-state index in [1.165, 1.54) is 6.07 Å². The molecule has 1 aromatic carbocycles. The highest BCUT2D eigenvalue weighted by molar-refractivity contribution is 5.99. The molecule has 1 heterocycles. The van der Waals surface area contributed by atoms with Crippen LogP contribution in [0.1, 0.15) is 16.9 Å². The second kappa shape index (κ2) is 4.49. The van der Waals surface area contributed by atoms with Gasteiger partial charge in [-0.05, 0) is 6.92 Å². The fraction of sp³-hybridized carbons (Fsp3) is 0.125. The Hall–Kier alpha value is -2.62.